The molecule has 17 heavy (non-hydrogen) atoms. The highest BCUT2D eigenvalue weighted by Gasteiger charge is 2.04. The maximum Gasteiger partial charge on any atom is 0.139 e. The van der Waals surface area contributed by atoms with Crippen LogP contribution >= 0.6 is 11.6 Å². The molecular weight excluding hydrogens is 238 g/mol. The Morgan fingerprint density at radius 1 is 1.59 bits per heavy atom. The predicted molar refractivity (Wildman–Crippen MR) is 70.5 cm³/mol. The summed E-state index contributed by atoms with van der Waals surface area (Å²) in [6, 6.07) is 8.01. The molecule has 0 amide bonds. The first-order chi connectivity index (χ1) is 8.13. The summed E-state index contributed by atoms with van der Waals surface area (Å²) in [6.07, 6.45) is 1.42. The number of benzene rings is 1. The van der Waals surface area contributed by atoms with Gasteiger partial charge in [0.1, 0.15) is 5.84 Å². The summed E-state index contributed by atoms with van der Waals surface area (Å²) < 4.78 is 0. The Balaban J connectivity index is 2.32. The van der Waals surface area contributed by atoms with Crippen LogP contribution in [-0.2, 0) is 0 Å². The van der Waals surface area contributed by atoms with Crippen molar-refractivity contribution in [2.45, 2.75) is 25.8 Å². The Kier molecular flexibility index (Phi) is 5.80. The first-order valence-corrected chi connectivity index (χ1v) is 5.96. The van der Waals surface area contributed by atoms with Crippen molar-refractivity contribution in [2.75, 3.05) is 6.54 Å². The fourth-order valence-electron chi connectivity index (χ4n) is 1.53. The minimum Gasteiger partial charge on any atom is -0.409 e. The van der Waals surface area contributed by atoms with E-state index in [0.717, 1.165) is 23.6 Å². The first kappa shape index (κ1) is 13.8. The SMILES string of the molecule is CC(NCCCC(N)=NO)c1cccc(Cl)c1. The van der Waals surface area contributed by atoms with Crippen LogP contribution in [0.25, 0.3) is 0 Å². The average molecular weight is 256 g/mol. The van der Waals surface area contributed by atoms with Gasteiger partial charge in [-0.25, -0.2) is 0 Å². The summed E-state index contributed by atoms with van der Waals surface area (Å²) in [5, 5.41) is 15.4. The fourth-order valence-corrected chi connectivity index (χ4v) is 1.73. The number of amidine groups is 1. The highest BCUT2D eigenvalue weighted by atomic mass is 35.5. The van der Waals surface area contributed by atoms with Gasteiger partial charge in [0.15, 0.2) is 0 Å². The van der Waals surface area contributed by atoms with Crippen molar-refractivity contribution in [3.8, 4) is 0 Å². The van der Waals surface area contributed by atoms with E-state index in [4.69, 9.17) is 22.5 Å². The third-order valence-electron chi connectivity index (χ3n) is 2.54. The highest BCUT2D eigenvalue weighted by Crippen LogP contribution is 2.17. The normalized spacial score (nSPS) is 13.6. The van der Waals surface area contributed by atoms with Gasteiger partial charge in [-0.05, 0) is 37.6 Å². The number of nitrogens with two attached hydrogens (primary N) is 1. The van der Waals surface area contributed by atoms with Gasteiger partial charge < -0.3 is 16.3 Å². The molecule has 5 heteroatoms. The summed E-state index contributed by atoms with van der Waals surface area (Å²) in [5.74, 6) is 0.266. The van der Waals surface area contributed by atoms with Crippen molar-refractivity contribution < 1.29 is 5.21 Å². The number of hydrogen-bond donors (Lipinski definition) is 3. The Morgan fingerprint density at radius 2 is 2.35 bits per heavy atom. The second-order valence-corrected chi connectivity index (χ2v) is 4.36. The van der Waals surface area contributed by atoms with E-state index in [-0.39, 0.29) is 11.9 Å². The van der Waals surface area contributed by atoms with E-state index in [1.807, 2.05) is 24.3 Å². The Hall–Kier alpha value is -1.26. The van der Waals surface area contributed by atoms with Gasteiger partial charge in [0.25, 0.3) is 0 Å². The molecule has 0 aliphatic heterocycles. The lowest BCUT2D eigenvalue weighted by molar-refractivity contribution is 0.316. The van der Waals surface area contributed by atoms with Crippen molar-refractivity contribution in [2.24, 2.45) is 10.9 Å². The monoisotopic (exact) mass is 255 g/mol. The van der Waals surface area contributed by atoms with Gasteiger partial charge in [-0.1, -0.05) is 28.9 Å². The maximum atomic E-state index is 8.38. The molecule has 1 unspecified atom stereocenters. The molecule has 0 aromatic heterocycles. The van der Waals surface area contributed by atoms with Gasteiger partial charge in [0, 0.05) is 17.5 Å². The lowest BCUT2D eigenvalue weighted by atomic mass is 10.1. The Labute approximate surface area is 106 Å². The largest absolute Gasteiger partial charge is 0.409 e. The molecular formula is C12H18ClN3O. The van der Waals surface area contributed by atoms with Crippen LogP contribution in [0.2, 0.25) is 5.02 Å². The fraction of sp³-hybridized carbons (Fsp3) is 0.417. The zero-order chi connectivity index (χ0) is 12.7. The van der Waals surface area contributed by atoms with Crippen molar-refractivity contribution in [1.29, 1.82) is 0 Å². The van der Waals surface area contributed by atoms with Gasteiger partial charge >= 0.3 is 0 Å². The zero-order valence-corrected chi connectivity index (χ0v) is 10.6. The molecule has 1 rings (SSSR count). The van der Waals surface area contributed by atoms with E-state index in [1.165, 1.54) is 0 Å². The number of oxime groups is 1. The zero-order valence-electron chi connectivity index (χ0n) is 9.86. The van der Waals surface area contributed by atoms with Gasteiger partial charge in [0.05, 0.1) is 0 Å². The van der Waals surface area contributed by atoms with Crippen molar-refractivity contribution >= 4 is 17.4 Å². The van der Waals surface area contributed by atoms with Crippen LogP contribution in [0.4, 0.5) is 0 Å². The summed E-state index contributed by atoms with van der Waals surface area (Å²) in [4.78, 5) is 0. The van der Waals surface area contributed by atoms with Crippen LogP contribution in [0.3, 0.4) is 0 Å². The molecule has 0 aliphatic carbocycles. The molecule has 0 spiro atoms. The standard InChI is InChI=1S/C12H18ClN3O/c1-9(10-4-2-5-11(13)8-10)15-7-3-6-12(14)16-17/h2,4-5,8-9,15,17H,3,6-7H2,1H3,(H2,14,16). The molecule has 0 aliphatic rings. The van der Waals surface area contributed by atoms with Gasteiger partial charge in [0.2, 0.25) is 0 Å². The van der Waals surface area contributed by atoms with Crippen LogP contribution in [0.1, 0.15) is 31.4 Å². The number of rotatable bonds is 6. The maximum absolute atomic E-state index is 8.38. The lowest BCUT2D eigenvalue weighted by Gasteiger charge is -2.14. The topological polar surface area (TPSA) is 70.6 Å². The van der Waals surface area contributed by atoms with Gasteiger partial charge in [-0.3, -0.25) is 0 Å². The molecule has 1 aromatic carbocycles. The van der Waals surface area contributed by atoms with Crippen LogP contribution < -0.4 is 11.1 Å². The first-order valence-electron chi connectivity index (χ1n) is 5.58. The summed E-state index contributed by atoms with van der Waals surface area (Å²) >= 11 is 5.92. The van der Waals surface area contributed by atoms with Crippen LogP contribution in [0.15, 0.2) is 29.4 Å². The smallest absolute Gasteiger partial charge is 0.139 e. The second-order valence-electron chi connectivity index (χ2n) is 3.93. The van der Waals surface area contributed by atoms with Crippen LogP contribution in [0, 0.1) is 0 Å². The minimum atomic E-state index is 0.237. The Bertz CT molecular complexity index is 382. The summed E-state index contributed by atoms with van der Waals surface area (Å²) in [5.41, 5.74) is 6.53. The van der Waals surface area contributed by atoms with E-state index in [9.17, 15) is 0 Å². The van der Waals surface area contributed by atoms with Gasteiger partial charge in [-0.15, -0.1) is 0 Å². The molecule has 1 atom stereocenters. The molecule has 4 nitrogen and oxygen atoms in total. The van der Waals surface area contributed by atoms with Crippen molar-refractivity contribution in [1.82, 2.24) is 5.32 Å². The van der Waals surface area contributed by atoms with Crippen LogP contribution in [-0.4, -0.2) is 17.6 Å². The van der Waals surface area contributed by atoms with Crippen LogP contribution in [0.5, 0.6) is 0 Å². The number of nitrogens with zero attached hydrogens (tertiary/aromatic N) is 1. The molecule has 0 fully saturated rings. The molecule has 0 radical (unpaired) electrons. The molecule has 0 heterocycles. The van der Waals surface area contributed by atoms with E-state index < -0.39 is 0 Å². The van der Waals surface area contributed by atoms with E-state index in [2.05, 4.69) is 17.4 Å². The molecule has 0 bridgehead atoms. The van der Waals surface area contributed by atoms with E-state index >= 15 is 0 Å². The van der Waals surface area contributed by atoms with Gasteiger partial charge in [-0.2, -0.15) is 0 Å². The molecule has 4 N–H and O–H groups in total. The predicted octanol–water partition coefficient (Wildman–Crippen LogP) is 2.52. The second kappa shape index (κ2) is 7.14. The number of halogens is 1. The third-order valence-corrected chi connectivity index (χ3v) is 2.77. The van der Waals surface area contributed by atoms with Crippen molar-refractivity contribution in [3.05, 3.63) is 34.9 Å². The van der Waals surface area contributed by atoms with E-state index in [0.29, 0.717) is 6.42 Å². The summed E-state index contributed by atoms with van der Waals surface area (Å²) in [6.45, 7) is 2.89. The minimum absolute atomic E-state index is 0.237. The number of nitrogens with one attached hydrogen (secondary N) is 1. The molecule has 1 aromatic rings. The quantitative estimate of drug-likeness (QED) is 0.241. The highest BCUT2D eigenvalue weighted by molar-refractivity contribution is 6.30. The molecule has 0 saturated carbocycles. The average Bonchev–Trinajstić information content (AvgIpc) is 2.34. The summed E-state index contributed by atoms with van der Waals surface area (Å²) in [7, 11) is 0. The van der Waals surface area contributed by atoms with E-state index in [1.54, 1.807) is 0 Å². The third kappa shape index (κ3) is 5.06. The Morgan fingerprint density at radius 3 is 3.00 bits per heavy atom. The lowest BCUT2D eigenvalue weighted by Crippen LogP contribution is -2.21. The molecule has 94 valence electrons. The van der Waals surface area contributed by atoms with Crippen molar-refractivity contribution in [3.63, 3.8) is 0 Å². The number of hydrogen-bond acceptors (Lipinski definition) is 3. The molecule has 0 saturated heterocycles.